The van der Waals surface area contributed by atoms with Gasteiger partial charge in [0.05, 0.1) is 28.7 Å². The van der Waals surface area contributed by atoms with Crippen LogP contribution in [0.2, 0.25) is 0 Å². The van der Waals surface area contributed by atoms with E-state index in [0.29, 0.717) is 18.7 Å². The van der Waals surface area contributed by atoms with Crippen LogP contribution in [0.25, 0.3) is 10.9 Å². The number of aliphatic hydroxyl groups is 1. The van der Waals surface area contributed by atoms with Gasteiger partial charge in [0, 0.05) is 11.9 Å². The van der Waals surface area contributed by atoms with Crippen molar-refractivity contribution in [3.05, 3.63) is 30.5 Å². The van der Waals surface area contributed by atoms with Crippen molar-refractivity contribution in [1.29, 1.82) is 0 Å². The Hall–Kier alpha value is -1.81. The van der Waals surface area contributed by atoms with Gasteiger partial charge >= 0.3 is 0 Å². The van der Waals surface area contributed by atoms with Crippen molar-refractivity contribution in [1.82, 2.24) is 4.98 Å². The molecular formula is C14H19N3O. The fourth-order valence-electron chi connectivity index (χ4n) is 1.76. The number of anilines is 2. The van der Waals surface area contributed by atoms with Crippen molar-refractivity contribution in [3.63, 3.8) is 0 Å². The third-order valence-corrected chi connectivity index (χ3v) is 3.21. The molecule has 1 atom stereocenters. The van der Waals surface area contributed by atoms with Gasteiger partial charge in [0.2, 0.25) is 0 Å². The number of benzene rings is 1. The minimum absolute atomic E-state index is 0.460. The highest BCUT2D eigenvalue weighted by Gasteiger charge is 2.18. The molecule has 1 heterocycles. The zero-order valence-corrected chi connectivity index (χ0v) is 10.8. The molecule has 4 nitrogen and oxygen atoms in total. The highest BCUT2D eigenvalue weighted by molar-refractivity contribution is 5.96. The van der Waals surface area contributed by atoms with Gasteiger partial charge in [-0.2, -0.15) is 0 Å². The van der Waals surface area contributed by atoms with Gasteiger partial charge in [0.15, 0.2) is 0 Å². The fourth-order valence-corrected chi connectivity index (χ4v) is 1.76. The summed E-state index contributed by atoms with van der Waals surface area (Å²) in [4.78, 5) is 4.28. The number of nitrogens with two attached hydrogens (primary N) is 1. The van der Waals surface area contributed by atoms with Gasteiger partial charge in [-0.05, 0) is 19.4 Å². The van der Waals surface area contributed by atoms with Crippen LogP contribution < -0.4 is 11.1 Å². The third kappa shape index (κ3) is 2.54. The first-order chi connectivity index (χ1) is 8.53. The van der Waals surface area contributed by atoms with Crippen LogP contribution in [0.3, 0.4) is 0 Å². The Kier molecular flexibility index (Phi) is 3.39. The van der Waals surface area contributed by atoms with Gasteiger partial charge < -0.3 is 16.2 Å². The number of nitrogen functional groups attached to an aromatic ring is 1. The standard InChI is InChI=1S/C14H19N3O/c1-3-14(2,18)9-17-13-10-6-4-5-7-12(10)16-8-11(13)15/h4-8,18H,3,9,15H2,1-2H3,(H,16,17). The van der Waals surface area contributed by atoms with Crippen LogP contribution in [0.5, 0.6) is 0 Å². The molecule has 4 N–H and O–H groups in total. The lowest BCUT2D eigenvalue weighted by Crippen LogP contribution is -2.32. The maximum atomic E-state index is 10.0. The quantitative estimate of drug-likeness (QED) is 0.773. The molecule has 1 aromatic heterocycles. The molecule has 96 valence electrons. The molecule has 18 heavy (non-hydrogen) atoms. The van der Waals surface area contributed by atoms with Gasteiger partial charge in [-0.15, -0.1) is 0 Å². The van der Waals surface area contributed by atoms with Crippen LogP contribution in [0.1, 0.15) is 20.3 Å². The summed E-state index contributed by atoms with van der Waals surface area (Å²) in [5.41, 5.74) is 7.55. The Morgan fingerprint density at radius 2 is 2.11 bits per heavy atom. The van der Waals surface area contributed by atoms with Crippen LogP contribution in [0.4, 0.5) is 11.4 Å². The van der Waals surface area contributed by atoms with E-state index in [9.17, 15) is 5.11 Å². The summed E-state index contributed by atoms with van der Waals surface area (Å²) in [6.07, 6.45) is 2.33. The van der Waals surface area contributed by atoms with Crippen molar-refractivity contribution >= 4 is 22.3 Å². The largest absolute Gasteiger partial charge is 0.396 e. The Morgan fingerprint density at radius 3 is 2.83 bits per heavy atom. The van der Waals surface area contributed by atoms with Crippen LogP contribution in [0, 0.1) is 0 Å². The van der Waals surface area contributed by atoms with E-state index in [1.54, 1.807) is 13.1 Å². The van der Waals surface area contributed by atoms with Crippen LogP contribution >= 0.6 is 0 Å². The van der Waals surface area contributed by atoms with Crippen molar-refractivity contribution < 1.29 is 5.11 Å². The number of aromatic nitrogens is 1. The highest BCUT2D eigenvalue weighted by atomic mass is 16.3. The zero-order chi connectivity index (χ0) is 13.2. The molecule has 0 aliphatic heterocycles. The van der Waals surface area contributed by atoms with E-state index in [4.69, 9.17) is 5.73 Å². The Balaban J connectivity index is 2.35. The monoisotopic (exact) mass is 245 g/mol. The number of pyridine rings is 1. The highest BCUT2D eigenvalue weighted by Crippen LogP contribution is 2.28. The molecule has 2 aromatic rings. The lowest BCUT2D eigenvalue weighted by Gasteiger charge is -2.23. The number of hydrogen-bond acceptors (Lipinski definition) is 4. The molecule has 0 radical (unpaired) electrons. The summed E-state index contributed by atoms with van der Waals surface area (Å²) < 4.78 is 0. The minimum Gasteiger partial charge on any atom is -0.396 e. The van der Waals surface area contributed by atoms with Gasteiger partial charge in [0.1, 0.15) is 0 Å². The number of nitrogens with one attached hydrogen (secondary N) is 1. The predicted octanol–water partition coefficient (Wildman–Crippen LogP) is 2.39. The molecule has 1 aromatic carbocycles. The van der Waals surface area contributed by atoms with E-state index in [1.165, 1.54) is 0 Å². The van der Waals surface area contributed by atoms with Gasteiger partial charge in [-0.3, -0.25) is 4.98 Å². The topological polar surface area (TPSA) is 71.2 Å². The Morgan fingerprint density at radius 1 is 1.39 bits per heavy atom. The maximum Gasteiger partial charge on any atom is 0.0788 e. The molecule has 0 aliphatic rings. The van der Waals surface area contributed by atoms with Crippen LogP contribution in [0.15, 0.2) is 30.5 Å². The molecule has 0 spiro atoms. The smallest absolute Gasteiger partial charge is 0.0788 e. The van der Waals surface area contributed by atoms with Gasteiger partial charge in [-0.1, -0.05) is 25.1 Å². The molecule has 0 amide bonds. The van der Waals surface area contributed by atoms with E-state index >= 15 is 0 Å². The van der Waals surface area contributed by atoms with E-state index in [1.807, 2.05) is 31.2 Å². The normalized spacial score (nSPS) is 14.4. The van der Waals surface area contributed by atoms with Crippen molar-refractivity contribution in [2.45, 2.75) is 25.9 Å². The summed E-state index contributed by atoms with van der Waals surface area (Å²) >= 11 is 0. The number of fused-ring (bicyclic) bond motifs is 1. The lowest BCUT2D eigenvalue weighted by molar-refractivity contribution is 0.0698. The average Bonchev–Trinajstić information content (AvgIpc) is 2.37. The Bertz CT molecular complexity index is 552. The van der Waals surface area contributed by atoms with E-state index in [2.05, 4.69) is 10.3 Å². The van der Waals surface area contributed by atoms with Crippen molar-refractivity contribution in [3.8, 4) is 0 Å². The molecule has 0 saturated carbocycles. The molecule has 1 unspecified atom stereocenters. The molecular weight excluding hydrogens is 226 g/mol. The SMILES string of the molecule is CCC(C)(O)CNc1c(N)cnc2ccccc12. The molecule has 0 saturated heterocycles. The number of nitrogens with zero attached hydrogens (tertiary/aromatic N) is 1. The van der Waals surface area contributed by atoms with E-state index < -0.39 is 5.60 Å². The second-order valence-corrected chi connectivity index (χ2v) is 4.81. The van der Waals surface area contributed by atoms with E-state index in [0.717, 1.165) is 16.6 Å². The fraction of sp³-hybridized carbons (Fsp3) is 0.357. The third-order valence-electron chi connectivity index (χ3n) is 3.21. The first kappa shape index (κ1) is 12.6. The second-order valence-electron chi connectivity index (χ2n) is 4.81. The molecule has 0 bridgehead atoms. The lowest BCUT2D eigenvalue weighted by atomic mass is 10.0. The number of rotatable bonds is 4. The number of hydrogen-bond donors (Lipinski definition) is 3. The second kappa shape index (κ2) is 4.82. The molecule has 2 rings (SSSR count). The molecule has 4 heteroatoms. The predicted molar refractivity (Wildman–Crippen MR) is 75.6 cm³/mol. The molecule has 0 aliphatic carbocycles. The zero-order valence-electron chi connectivity index (χ0n) is 10.8. The van der Waals surface area contributed by atoms with Gasteiger partial charge in [-0.25, -0.2) is 0 Å². The summed E-state index contributed by atoms with van der Waals surface area (Å²) in [6, 6.07) is 7.81. The van der Waals surface area contributed by atoms with Crippen LogP contribution in [-0.4, -0.2) is 22.2 Å². The molecule has 0 fully saturated rings. The van der Waals surface area contributed by atoms with Crippen molar-refractivity contribution in [2.75, 3.05) is 17.6 Å². The van der Waals surface area contributed by atoms with Crippen molar-refractivity contribution in [2.24, 2.45) is 0 Å². The Labute approximate surface area is 107 Å². The number of para-hydroxylation sites is 1. The van der Waals surface area contributed by atoms with Gasteiger partial charge in [0.25, 0.3) is 0 Å². The van der Waals surface area contributed by atoms with Crippen LogP contribution in [-0.2, 0) is 0 Å². The summed E-state index contributed by atoms with van der Waals surface area (Å²) in [5.74, 6) is 0. The summed E-state index contributed by atoms with van der Waals surface area (Å²) in [7, 11) is 0. The average molecular weight is 245 g/mol. The summed E-state index contributed by atoms with van der Waals surface area (Å²) in [5, 5.41) is 14.2. The minimum atomic E-state index is -0.739. The first-order valence-electron chi connectivity index (χ1n) is 6.13. The summed E-state index contributed by atoms with van der Waals surface area (Å²) in [6.45, 7) is 4.22. The maximum absolute atomic E-state index is 10.0. The first-order valence-corrected chi connectivity index (χ1v) is 6.13. The van der Waals surface area contributed by atoms with E-state index in [-0.39, 0.29) is 0 Å².